The third kappa shape index (κ3) is 2.69. The number of rotatable bonds is 3. The summed E-state index contributed by atoms with van der Waals surface area (Å²) in [7, 11) is 3.82. The maximum Gasteiger partial charge on any atom is 0.265 e. The zero-order valence-corrected chi connectivity index (χ0v) is 15.0. The van der Waals surface area contributed by atoms with Crippen LogP contribution in [0.15, 0.2) is 10.9 Å². The summed E-state index contributed by atoms with van der Waals surface area (Å²) in [5, 5.41) is 8.37. The van der Waals surface area contributed by atoms with E-state index in [-0.39, 0.29) is 0 Å². The van der Waals surface area contributed by atoms with Crippen LogP contribution in [0.5, 0.6) is 0 Å². The van der Waals surface area contributed by atoms with Gasteiger partial charge in [-0.3, -0.25) is 0 Å². The van der Waals surface area contributed by atoms with Crippen molar-refractivity contribution in [1.82, 2.24) is 29.7 Å². The van der Waals surface area contributed by atoms with E-state index in [1.165, 1.54) is 0 Å². The number of hydrogen-bond acceptors (Lipinski definition) is 8. The lowest BCUT2D eigenvalue weighted by Crippen LogP contribution is -2.35. The first-order valence-electron chi connectivity index (χ1n) is 8.47. The predicted octanol–water partition coefficient (Wildman–Crippen LogP) is 1.57. The van der Waals surface area contributed by atoms with Crippen LogP contribution in [-0.4, -0.2) is 56.9 Å². The van der Waals surface area contributed by atoms with Crippen LogP contribution in [-0.2, 0) is 0 Å². The van der Waals surface area contributed by atoms with E-state index in [4.69, 9.17) is 4.52 Å². The van der Waals surface area contributed by atoms with Crippen molar-refractivity contribution < 1.29 is 4.52 Å². The highest BCUT2D eigenvalue weighted by molar-refractivity contribution is 5.54. The zero-order valence-electron chi connectivity index (χ0n) is 15.0. The summed E-state index contributed by atoms with van der Waals surface area (Å²) in [5.74, 6) is 3.39. The minimum absolute atomic E-state index is 0.298. The molecule has 0 amide bonds. The summed E-state index contributed by atoms with van der Waals surface area (Å²) >= 11 is 0. The van der Waals surface area contributed by atoms with Gasteiger partial charge in [-0.1, -0.05) is 0 Å². The molecule has 1 aliphatic heterocycles. The molecule has 3 aromatic rings. The minimum atomic E-state index is 0.298. The van der Waals surface area contributed by atoms with Crippen molar-refractivity contribution in [2.24, 2.45) is 0 Å². The standard InChI is InChI=1S/C16H22N8O/c1-10-11(2)19-15-17-9-18-24(15)14(10)23-7-5-12(6-8-23)13-20-16(21-25-13)22(3)4/h9,12H,5-8H2,1-4H3. The molecule has 0 N–H and O–H groups in total. The number of aryl methyl sites for hydroxylation is 1. The minimum Gasteiger partial charge on any atom is -0.356 e. The number of hydrogen-bond donors (Lipinski definition) is 0. The van der Waals surface area contributed by atoms with E-state index in [9.17, 15) is 0 Å². The second kappa shape index (κ2) is 5.98. The van der Waals surface area contributed by atoms with Crippen LogP contribution in [0.2, 0.25) is 0 Å². The van der Waals surface area contributed by atoms with Gasteiger partial charge in [-0.15, -0.1) is 0 Å². The monoisotopic (exact) mass is 342 g/mol. The van der Waals surface area contributed by atoms with E-state index >= 15 is 0 Å². The average molecular weight is 342 g/mol. The molecule has 9 nitrogen and oxygen atoms in total. The second-order valence-corrected chi connectivity index (χ2v) is 6.71. The van der Waals surface area contributed by atoms with E-state index in [0.717, 1.165) is 48.9 Å². The molecule has 3 aromatic heterocycles. The molecule has 1 aliphatic rings. The molecule has 132 valence electrons. The molecule has 4 rings (SSSR count). The van der Waals surface area contributed by atoms with E-state index in [1.807, 2.05) is 30.4 Å². The average Bonchev–Trinajstić information content (AvgIpc) is 3.25. The summed E-state index contributed by atoms with van der Waals surface area (Å²) < 4.78 is 7.28. The molecule has 0 radical (unpaired) electrons. The maximum atomic E-state index is 5.45. The first kappa shape index (κ1) is 15.8. The first-order chi connectivity index (χ1) is 12.0. The van der Waals surface area contributed by atoms with E-state index in [0.29, 0.717) is 17.6 Å². The zero-order chi connectivity index (χ0) is 17.6. The van der Waals surface area contributed by atoms with Gasteiger partial charge in [-0.05, 0) is 31.8 Å². The fraction of sp³-hybridized carbons (Fsp3) is 0.562. The molecule has 9 heteroatoms. The molecular formula is C16H22N8O. The SMILES string of the molecule is Cc1nc2ncnn2c(N2CCC(c3nc(N(C)C)no3)CC2)c1C. The van der Waals surface area contributed by atoms with Crippen LogP contribution in [0.3, 0.4) is 0 Å². The molecule has 0 saturated carbocycles. The Morgan fingerprint density at radius 1 is 1.16 bits per heavy atom. The number of nitrogens with zero attached hydrogens (tertiary/aromatic N) is 8. The normalized spacial score (nSPS) is 15.9. The van der Waals surface area contributed by atoms with Gasteiger partial charge in [0.25, 0.3) is 11.7 Å². The van der Waals surface area contributed by atoms with Crippen molar-refractivity contribution in [2.75, 3.05) is 37.0 Å². The molecule has 0 bridgehead atoms. The Labute approximate surface area is 145 Å². The van der Waals surface area contributed by atoms with E-state index < -0.39 is 0 Å². The van der Waals surface area contributed by atoms with Crippen molar-refractivity contribution in [2.45, 2.75) is 32.6 Å². The number of fused-ring (bicyclic) bond motifs is 1. The Balaban J connectivity index is 1.56. The van der Waals surface area contributed by atoms with Crippen LogP contribution in [0, 0.1) is 13.8 Å². The summed E-state index contributed by atoms with van der Waals surface area (Å²) in [4.78, 5) is 17.4. The largest absolute Gasteiger partial charge is 0.356 e. The van der Waals surface area contributed by atoms with Crippen LogP contribution in [0.25, 0.3) is 5.78 Å². The van der Waals surface area contributed by atoms with Gasteiger partial charge in [-0.2, -0.15) is 19.6 Å². The van der Waals surface area contributed by atoms with Crippen molar-refractivity contribution in [3.63, 3.8) is 0 Å². The van der Waals surface area contributed by atoms with E-state index in [2.05, 4.69) is 37.0 Å². The topological polar surface area (TPSA) is 88.5 Å². The Bertz CT molecular complexity index is 891. The van der Waals surface area contributed by atoms with Gasteiger partial charge in [-0.25, -0.2) is 4.98 Å². The molecule has 1 fully saturated rings. The third-order valence-electron chi connectivity index (χ3n) is 4.85. The molecule has 0 unspecified atom stereocenters. The predicted molar refractivity (Wildman–Crippen MR) is 93.1 cm³/mol. The maximum absolute atomic E-state index is 5.45. The highest BCUT2D eigenvalue weighted by Crippen LogP contribution is 2.32. The van der Waals surface area contributed by atoms with E-state index in [1.54, 1.807) is 6.33 Å². The summed E-state index contributed by atoms with van der Waals surface area (Å²) in [6.07, 6.45) is 3.48. The third-order valence-corrected chi connectivity index (χ3v) is 4.85. The second-order valence-electron chi connectivity index (χ2n) is 6.71. The highest BCUT2D eigenvalue weighted by Gasteiger charge is 2.28. The van der Waals surface area contributed by atoms with Gasteiger partial charge in [0.15, 0.2) is 0 Å². The first-order valence-corrected chi connectivity index (χ1v) is 8.47. The van der Waals surface area contributed by atoms with Crippen molar-refractivity contribution >= 4 is 17.5 Å². The fourth-order valence-corrected chi connectivity index (χ4v) is 3.30. The van der Waals surface area contributed by atoms with Crippen LogP contribution in [0.4, 0.5) is 11.8 Å². The summed E-state index contributed by atoms with van der Waals surface area (Å²) in [5.41, 5.74) is 2.13. The molecule has 25 heavy (non-hydrogen) atoms. The number of anilines is 2. The van der Waals surface area contributed by atoms with Gasteiger partial charge in [0.05, 0.1) is 0 Å². The molecule has 0 aromatic carbocycles. The molecule has 0 atom stereocenters. The lowest BCUT2D eigenvalue weighted by molar-refractivity contribution is 0.328. The van der Waals surface area contributed by atoms with Gasteiger partial charge in [0.1, 0.15) is 12.1 Å². The van der Waals surface area contributed by atoms with Crippen molar-refractivity contribution in [1.29, 1.82) is 0 Å². The Morgan fingerprint density at radius 2 is 1.92 bits per heavy atom. The van der Waals surface area contributed by atoms with Gasteiger partial charge >= 0.3 is 0 Å². The highest BCUT2D eigenvalue weighted by atomic mass is 16.5. The molecule has 4 heterocycles. The Hall–Kier alpha value is -2.71. The van der Waals surface area contributed by atoms with Crippen LogP contribution < -0.4 is 9.80 Å². The summed E-state index contributed by atoms with van der Waals surface area (Å²) in [6, 6.07) is 0. The smallest absolute Gasteiger partial charge is 0.265 e. The van der Waals surface area contributed by atoms with Gasteiger partial charge < -0.3 is 14.3 Å². The number of piperidine rings is 1. The lowest BCUT2D eigenvalue weighted by atomic mass is 9.96. The van der Waals surface area contributed by atoms with Crippen molar-refractivity contribution in [3.05, 3.63) is 23.5 Å². The Kier molecular flexibility index (Phi) is 3.78. The molecular weight excluding hydrogens is 320 g/mol. The Morgan fingerprint density at radius 3 is 2.60 bits per heavy atom. The molecule has 1 saturated heterocycles. The lowest BCUT2D eigenvalue weighted by Gasteiger charge is -2.33. The van der Waals surface area contributed by atoms with Crippen molar-refractivity contribution in [3.8, 4) is 0 Å². The summed E-state index contributed by atoms with van der Waals surface area (Å²) in [6.45, 7) is 5.92. The molecule has 0 spiro atoms. The van der Waals surface area contributed by atoms with Gasteiger partial charge in [0.2, 0.25) is 5.89 Å². The van der Waals surface area contributed by atoms with Crippen LogP contribution in [0.1, 0.15) is 35.9 Å². The number of aromatic nitrogens is 6. The van der Waals surface area contributed by atoms with Crippen LogP contribution >= 0.6 is 0 Å². The quantitative estimate of drug-likeness (QED) is 0.709. The van der Waals surface area contributed by atoms with Gasteiger partial charge in [0, 0.05) is 44.4 Å². The molecule has 0 aliphatic carbocycles. The fourth-order valence-electron chi connectivity index (χ4n) is 3.30.